The predicted octanol–water partition coefficient (Wildman–Crippen LogP) is 3.53. The Morgan fingerprint density at radius 2 is 2.08 bits per heavy atom. The van der Waals surface area contributed by atoms with Crippen LogP contribution in [0.3, 0.4) is 0 Å². The Kier molecular flexibility index (Phi) is 8.17. The van der Waals surface area contributed by atoms with Crippen LogP contribution in [-0.2, 0) is 0 Å². The van der Waals surface area contributed by atoms with Crippen molar-refractivity contribution in [2.24, 2.45) is 5.92 Å². The van der Waals surface area contributed by atoms with Gasteiger partial charge in [-0.1, -0.05) is 23.8 Å². The molecule has 0 radical (unpaired) electrons. The minimum absolute atomic E-state index is 0. The smallest absolute Gasteiger partial charge is 0.0171 e. The van der Waals surface area contributed by atoms with E-state index in [4.69, 9.17) is 0 Å². The molecule has 0 spiro atoms. The van der Waals surface area contributed by atoms with Gasteiger partial charge in [0.05, 0.1) is 0 Å². The lowest BCUT2D eigenvalue weighted by atomic mass is 9.86. The second-order valence-corrected chi connectivity index (χ2v) is 3.37. The van der Waals surface area contributed by atoms with Crippen molar-refractivity contribution in [2.75, 3.05) is 0 Å². The molecule has 2 heteroatoms. The molecule has 0 nitrogen and oxygen atoms in total. The van der Waals surface area contributed by atoms with Crippen molar-refractivity contribution in [3.63, 3.8) is 0 Å². The Labute approximate surface area is 90.0 Å². The van der Waals surface area contributed by atoms with Gasteiger partial charge in [0.1, 0.15) is 0 Å². The first kappa shape index (κ1) is 14.7. The molecule has 0 aromatic rings. The normalized spacial score (nSPS) is 21.5. The fourth-order valence-electron chi connectivity index (χ4n) is 1.41. The molecular formula is C10H20S2. The molecular weight excluding hydrogens is 184 g/mol. The maximum atomic E-state index is 3.97. The predicted molar refractivity (Wildman–Crippen MR) is 66.7 cm³/mol. The zero-order valence-corrected chi connectivity index (χ0v) is 9.98. The van der Waals surface area contributed by atoms with Gasteiger partial charge in [-0.15, -0.1) is 0 Å². The molecule has 0 aromatic carbocycles. The van der Waals surface area contributed by atoms with E-state index in [-0.39, 0.29) is 27.0 Å². The van der Waals surface area contributed by atoms with E-state index in [1.807, 2.05) is 0 Å². The summed E-state index contributed by atoms with van der Waals surface area (Å²) in [5.41, 5.74) is 2.90. The lowest BCUT2D eigenvalue weighted by Crippen LogP contribution is -2.04. The molecule has 0 fully saturated rings. The molecule has 1 atom stereocenters. The molecule has 12 heavy (non-hydrogen) atoms. The second kappa shape index (κ2) is 6.67. The Balaban J connectivity index is 0. The highest BCUT2D eigenvalue weighted by atomic mass is 32.1. The van der Waals surface area contributed by atoms with Crippen LogP contribution in [-0.4, -0.2) is 0 Å². The topological polar surface area (TPSA) is 0 Å². The molecule has 0 saturated heterocycles. The van der Waals surface area contributed by atoms with Crippen LogP contribution in [0.25, 0.3) is 0 Å². The van der Waals surface area contributed by atoms with Gasteiger partial charge in [-0.05, 0) is 39.0 Å². The second-order valence-electron chi connectivity index (χ2n) is 3.37. The molecule has 1 unspecified atom stereocenters. The molecule has 0 saturated carbocycles. The standard InChI is InChI=1S/C10H16.2H2S/c1-8(2)10-6-4-9(3)5-7-10;;/h4,10H,1,5-7H2,2-3H3;2*1H2. The molecule has 0 aliphatic heterocycles. The number of rotatable bonds is 1. The highest BCUT2D eigenvalue weighted by Gasteiger charge is 2.11. The van der Waals surface area contributed by atoms with E-state index in [1.165, 1.54) is 24.8 Å². The zero-order valence-electron chi connectivity index (χ0n) is 7.98. The summed E-state index contributed by atoms with van der Waals surface area (Å²) >= 11 is 0. The summed E-state index contributed by atoms with van der Waals surface area (Å²) in [4.78, 5) is 0. The third-order valence-electron chi connectivity index (χ3n) is 2.33. The molecule has 0 heterocycles. The Bertz CT molecular complexity index is 171. The van der Waals surface area contributed by atoms with Gasteiger partial charge in [-0.2, -0.15) is 27.0 Å². The maximum Gasteiger partial charge on any atom is -0.0171 e. The average molecular weight is 204 g/mol. The van der Waals surface area contributed by atoms with Crippen molar-refractivity contribution in [3.8, 4) is 0 Å². The lowest BCUT2D eigenvalue weighted by molar-refractivity contribution is 0.540. The summed E-state index contributed by atoms with van der Waals surface area (Å²) in [6.45, 7) is 8.33. The van der Waals surface area contributed by atoms with Crippen LogP contribution in [0.5, 0.6) is 0 Å². The highest BCUT2D eigenvalue weighted by molar-refractivity contribution is 7.59. The monoisotopic (exact) mass is 204 g/mol. The van der Waals surface area contributed by atoms with Crippen LogP contribution in [0.1, 0.15) is 33.1 Å². The average Bonchev–Trinajstić information content (AvgIpc) is 1.88. The first-order valence-electron chi connectivity index (χ1n) is 4.01. The summed E-state index contributed by atoms with van der Waals surface area (Å²) in [7, 11) is 0. The summed E-state index contributed by atoms with van der Waals surface area (Å²) in [6.07, 6.45) is 6.17. The van der Waals surface area contributed by atoms with Crippen LogP contribution < -0.4 is 0 Å². The van der Waals surface area contributed by atoms with Crippen LogP contribution in [0.15, 0.2) is 23.8 Å². The molecule has 1 rings (SSSR count). The van der Waals surface area contributed by atoms with Gasteiger partial charge in [-0.3, -0.25) is 0 Å². The molecule has 0 amide bonds. The van der Waals surface area contributed by atoms with Crippen molar-refractivity contribution in [3.05, 3.63) is 23.8 Å². The highest BCUT2D eigenvalue weighted by Crippen LogP contribution is 2.27. The van der Waals surface area contributed by atoms with Gasteiger partial charge in [0, 0.05) is 0 Å². The van der Waals surface area contributed by atoms with Crippen molar-refractivity contribution >= 4 is 27.0 Å². The van der Waals surface area contributed by atoms with Gasteiger partial charge in [-0.25, -0.2) is 0 Å². The molecule has 1 aliphatic carbocycles. The summed E-state index contributed by atoms with van der Waals surface area (Å²) in [5.74, 6) is 0.767. The first-order valence-corrected chi connectivity index (χ1v) is 4.01. The quantitative estimate of drug-likeness (QED) is 0.573. The maximum absolute atomic E-state index is 3.97. The number of hydrogen-bond donors (Lipinski definition) is 0. The SMILES string of the molecule is C=C(C)C1CC=C(C)CC1.S.S. The van der Waals surface area contributed by atoms with Crippen LogP contribution in [0, 0.1) is 5.92 Å². The third kappa shape index (κ3) is 4.27. The van der Waals surface area contributed by atoms with E-state index in [2.05, 4.69) is 26.5 Å². The third-order valence-corrected chi connectivity index (χ3v) is 2.33. The van der Waals surface area contributed by atoms with E-state index >= 15 is 0 Å². The number of hydrogen-bond acceptors (Lipinski definition) is 0. The van der Waals surface area contributed by atoms with E-state index in [0.717, 1.165) is 5.92 Å². The molecule has 72 valence electrons. The minimum atomic E-state index is 0. The zero-order chi connectivity index (χ0) is 7.56. The fourth-order valence-corrected chi connectivity index (χ4v) is 1.41. The van der Waals surface area contributed by atoms with E-state index in [9.17, 15) is 0 Å². The lowest BCUT2D eigenvalue weighted by Gasteiger charge is -2.19. The summed E-state index contributed by atoms with van der Waals surface area (Å²) < 4.78 is 0. The van der Waals surface area contributed by atoms with Gasteiger partial charge >= 0.3 is 0 Å². The molecule has 1 aliphatic rings. The minimum Gasteiger partial charge on any atom is -0.197 e. The van der Waals surface area contributed by atoms with Crippen molar-refractivity contribution < 1.29 is 0 Å². The summed E-state index contributed by atoms with van der Waals surface area (Å²) in [6, 6.07) is 0. The van der Waals surface area contributed by atoms with Crippen molar-refractivity contribution in [2.45, 2.75) is 33.1 Å². The Morgan fingerprint density at radius 3 is 2.42 bits per heavy atom. The van der Waals surface area contributed by atoms with Crippen LogP contribution >= 0.6 is 27.0 Å². The Morgan fingerprint density at radius 1 is 1.50 bits per heavy atom. The van der Waals surface area contributed by atoms with E-state index in [1.54, 1.807) is 5.57 Å². The van der Waals surface area contributed by atoms with Gasteiger partial charge < -0.3 is 0 Å². The van der Waals surface area contributed by atoms with E-state index in [0.29, 0.717) is 0 Å². The van der Waals surface area contributed by atoms with Crippen molar-refractivity contribution in [1.29, 1.82) is 0 Å². The first-order chi connectivity index (χ1) is 4.70. The fraction of sp³-hybridized carbons (Fsp3) is 0.600. The molecule has 0 bridgehead atoms. The van der Waals surface area contributed by atoms with Gasteiger partial charge in [0.2, 0.25) is 0 Å². The van der Waals surface area contributed by atoms with E-state index < -0.39 is 0 Å². The van der Waals surface area contributed by atoms with Crippen LogP contribution in [0.2, 0.25) is 0 Å². The summed E-state index contributed by atoms with van der Waals surface area (Å²) in [5, 5.41) is 0. The molecule has 0 aromatic heterocycles. The van der Waals surface area contributed by atoms with Gasteiger partial charge in [0.15, 0.2) is 0 Å². The van der Waals surface area contributed by atoms with Crippen molar-refractivity contribution in [1.82, 2.24) is 0 Å². The molecule has 0 N–H and O–H groups in total. The largest absolute Gasteiger partial charge is 0.197 e. The Hall–Kier alpha value is 0.180. The number of allylic oxidation sites excluding steroid dienone is 3. The van der Waals surface area contributed by atoms with Gasteiger partial charge in [0.25, 0.3) is 0 Å². The van der Waals surface area contributed by atoms with Crippen LogP contribution in [0.4, 0.5) is 0 Å².